The van der Waals surface area contributed by atoms with Gasteiger partial charge in [0.15, 0.2) is 0 Å². The number of aliphatic hydroxyl groups excluding tert-OH is 1. The van der Waals surface area contributed by atoms with Crippen LogP contribution in [0.4, 0.5) is 4.39 Å². The van der Waals surface area contributed by atoms with Crippen LogP contribution >= 0.6 is 0 Å². The molecule has 0 bridgehead atoms. The summed E-state index contributed by atoms with van der Waals surface area (Å²) in [6.07, 6.45) is 2.39. The smallest absolute Gasteiger partial charge is 0.123 e. The molecule has 2 atom stereocenters. The molecule has 1 N–H and O–H groups in total. The van der Waals surface area contributed by atoms with Crippen molar-refractivity contribution in [2.24, 2.45) is 5.92 Å². The van der Waals surface area contributed by atoms with Crippen molar-refractivity contribution in [1.29, 1.82) is 0 Å². The van der Waals surface area contributed by atoms with Crippen molar-refractivity contribution >= 4 is 0 Å². The largest absolute Gasteiger partial charge is 0.388 e. The third-order valence-corrected chi connectivity index (χ3v) is 4.02. The van der Waals surface area contributed by atoms with Crippen molar-refractivity contribution < 1.29 is 9.50 Å². The monoisotopic (exact) mass is 256 g/mol. The predicted octanol–water partition coefficient (Wildman–Crippen LogP) is 3.66. The number of fused-ring (bicyclic) bond motifs is 1. The Kier molecular flexibility index (Phi) is 3.34. The van der Waals surface area contributed by atoms with E-state index in [0.29, 0.717) is 0 Å². The Morgan fingerprint density at radius 1 is 1.05 bits per heavy atom. The summed E-state index contributed by atoms with van der Waals surface area (Å²) in [6.45, 7) is 0. The molecule has 1 aliphatic rings. The number of hydrogen-bond acceptors (Lipinski definition) is 1. The molecule has 98 valence electrons. The highest BCUT2D eigenvalue weighted by Crippen LogP contribution is 2.36. The maximum atomic E-state index is 12.9. The average Bonchev–Trinajstić information content (AvgIpc) is 2.45. The second-order valence-corrected chi connectivity index (χ2v) is 5.27. The van der Waals surface area contributed by atoms with Gasteiger partial charge in [0.05, 0.1) is 6.10 Å². The third-order valence-electron chi connectivity index (χ3n) is 4.02. The summed E-state index contributed by atoms with van der Waals surface area (Å²) >= 11 is 0. The average molecular weight is 256 g/mol. The van der Waals surface area contributed by atoms with Gasteiger partial charge in [-0.05, 0) is 54.0 Å². The molecule has 0 radical (unpaired) electrons. The quantitative estimate of drug-likeness (QED) is 0.869. The number of rotatable bonds is 2. The predicted molar refractivity (Wildman–Crippen MR) is 73.3 cm³/mol. The van der Waals surface area contributed by atoms with Gasteiger partial charge >= 0.3 is 0 Å². The van der Waals surface area contributed by atoms with Gasteiger partial charge in [0.1, 0.15) is 5.82 Å². The van der Waals surface area contributed by atoms with E-state index in [4.69, 9.17) is 0 Å². The van der Waals surface area contributed by atoms with E-state index in [1.807, 2.05) is 30.3 Å². The molecular weight excluding hydrogens is 239 g/mol. The van der Waals surface area contributed by atoms with Crippen LogP contribution in [0, 0.1) is 11.7 Å². The lowest BCUT2D eigenvalue weighted by Gasteiger charge is -2.30. The van der Waals surface area contributed by atoms with Gasteiger partial charge in [-0.1, -0.05) is 36.4 Å². The fourth-order valence-corrected chi connectivity index (χ4v) is 2.94. The fraction of sp³-hybridized carbons (Fsp3) is 0.294. The molecular formula is C17H17FO. The first kappa shape index (κ1) is 12.4. The minimum atomic E-state index is -0.407. The zero-order chi connectivity index (χ0) is 13.2. The van der Waals surface area contributed by atoms with Crippen LogP contribution in [-0.4, -0.2) is 5.11 Å². The highest BCUT2D eigenvalue weighted by Gasteiger charge is 2.27. The van der Waals surface area contributed by atoms with Crippen molar-refractivity contribution in [2.75, 3.05) is 0 Å². The molecule has 0 saturated heterocycles. The topological polar surface area (TPSA) is 20.2 Å². The Hall–Kier alpha value is -1.67. The summed E-state index contributed by atoms with van der Waals surface area (Å²) in [5.41, 5.74) is 3.40. The van der Waals surface area contributed by atoms with E-state index in [9.17, 15) is 9.50 Å². The van der Waals surface area contributed by atoms with Crippen LogP contribution in [0.5, 0.6) is 0 Å². The van der Waals surface area contributed by atoms with Crippen LogP contribution in [0.25, 0.3) is 0 Å². The van der Waals surface area contributed by atoms with E-state index in [2.05, 4.69) is 6.07 Å². The van der Waals surface area contributed by atoms with E-state index < -0.39 is 6.10 Å². The Morgan fingerprint density at radius 3 is 2.58 bits per heavy atom. The first-order chi connectivity index (χ1) is 9.24. The normalized spacial score (nSPS) is 22.0. The summed E-state index contributed by atoms with van der Waals surface area (Å²) in [4.78, 5) is 0. The lowest BCUT2D eigenvalue weighted by Crippen LogP contribution is -2.22. The molecule has 1 nitrogen and oxygen atoms in total. The molecule has 0 fully saturated rings. The Morgan fingerprint density at radius 2 is 1.79 bits per heavy atom. The van der Waals surface area contributed by atoms with Gasteiger partial charge in [-0.2, -0.15) is 0 Å². The van der Waals surface area contributed by atoms with Crippen LogP contribution in [0.2, 0.25) is 0 Å². The highest BCUT2D eigenvalue weighted by atomic mass is 19.1. The standard InChI is InChI=1S/C17H17FO/c18-15-9-5-12(6-10-15)11-14-8-7-13-3-1-2-4-16(13)17(14)19/h1-6,9-10,14,17,19H,7-8,11H2. The zero-order valence-electron chi connectivity index (χ0n) is 10.7. The van der Waals surface area contributed by atoms with Gasteiger partial charge in [0, 0.05) is 0 Å². The van der Waals surface area contributed by atoms with Gasteiger partial charge < -0.3 is 5.11 Å². The molecule has 0 heterocycles. The first-order valence-corrected chi connectivity index (χ1v) is 6.74. The molecule has 0 aromatic heterocycles. The van der Waals surface area contributed by atoms with Gasteiger partial charge in [-0.25, -0.2) is 4.39 Å². The van der Waals surface area contributed by atoms with Crippen molar-refractivity contribution in [3.8, 4) is 0 Å². The Balaban J connectivity index is 1.79. The zero-order valence-corrected chi connectivity index (χ0v) is 10.7. The molecule has 0 amide bonds. The minimum Gasteiger partial charge on any atom is -0.388 e. The van der Waals surface area contributed by atoms with E-state index >= 15 is 0 Å². The molecule has 3 rings (SSSR count). The van der Waals surface area contributed by atoms with E-state index in [1.165, 1.54) is 17.7 Å². The fourth-order valence-electron chi connectivity index (χ4n) is 2.94. The van der Waals surface area contributed by atoms with Crippen LogP contribution in [0.3, 0.4) is 0 Å². The number of hydrogen-bond donors (Lipinski definition) is 1. The maximum Gasteiger partial charge on any atom is 0.123 e. The van der Waals surface area contributed by atoms with E-state index in [-0.39, 0.29) is 11.7 Å². The first-order valence-electron chi connectivity index (χ1n) is 6.74. The molecule has 0 saturated carbocycles. The lowest BCUT2D eigenvalue weighted by atomic mass is 9.78. The second kappa shape index (κ2) is 5.14. The SMILES string of the molecule is OC1c2ccccc2CCC1Cc1ccc(F)cc1. The highest BCUT2D eigenvalue weighted by molar-refractivity contribution is 5.32. The van der Waals surface area contributed by atoms with Gasteiger partial charge in [-0.3, -0.25) is 0 Å². The summed E-state index contributed by atoms with van der Waals surface area (Å²) in [5, 5.41) is 10.5. The van der Waals surface area contributed by atoms with Crippen molar-refractivity contribution in [2.45, 2.75) is 25.4 Å². The molecule has 2 heteroatoms. The van der Waals surface area contributed by atoms with E-state index in [0.717, 1.165) is 30.4 Å². The lowest BCUT2D eigenvalue weighted by molar-refractivity contribution is 0.0936. The van der Waals surface area contributed by atoms with Gasteiger partial charge in [-0.15, -0.1) is 0 Å². The van der Waals surface area contributed by atoms with Gasteiger partial charge in [0.2, 0.25) is 0 Å². The minimum absolute atomic E-state index is 0.210. The van der Waals surface area contributed by atoms with Crippen LogP contribution < -0.4 is 0 Å². The molecule has 0 spiro atoms. The van der Waals surface area contributed by atoms with Crippen molar-refractivity contribution in [3.63, 3.8) is 0 Å². The molecule has 19 heavy (non-hydrogen) atoms. The molecule has 0 aliphatic heterocycles. The van der Waals surface area contributed by atoms with Crippen LogP contribution in [0.1, 0.15) is 29.2 Å². The number of aliphatic hydroxyl groups is 1. The van der Waals surface area contributed by atoms with Crippen molar-refractivity contribution in [3.05, 3.63) is 71.0 Å². The third kappa shape index (κ3) is 2.54. The summed E-state index contributed by atoms with van der Waals surface area (Å²) in [7, 11) is 0. The number of halogens is 1. The molecule has 2 aromatic carbocycles. The molecule has 2 aromatic rings. The summed E-state index contributed by atoms with van der Waals surface area (Å²) in [5.74, 6) is 0.0126. The molecule has 1 aliphatic carbocycles. The van der Waals surface area contributed by atoms with Crippen LogP contribution in [-0.2, 0) is 12.8 Å². The maximum absolute atomic E-state index is 12.9. The Bertz CT molecular complexity index is 562. The molecule has 2 unspecified atom stereocenters. The van der Waals surface area contributed by atoms with E-state index in [1.54, 1.807) is 0 Å². The van der Waals surface area contributed by atoms with Crippen LogP contribution in [0.15, 0.2) is 48.5 Å². The van der Waals surface area contributed by atoms with Crippen molar-refractivity contribution in [1.82, 2.24) is 0 Å². The summed E-state index contributed by atoms with van der Waals surface area (Å²) < 4.78 is 12.9. The second-order valence-electron chi connectivity index (χ2n) is 5.27. The van der Waals surface area contributed by atoms with Gasteiger partial charge in [0.25, 0.3) is 0 Å². The Labute approximate surface area is 112 Å². The summed E-state index contributed by atoms with van der Waals surface area (Å²) in [6, 6.07) is 14.7. The number of aryl methyl sites for hydroxylation is 1. The number of benzene rings is 2.